The van der Waals surface area contributed by atoms with Crippen LogP contribution < -0.4 is 15.4 Å². The van der Waals surface area contributed by atoms with Gasteiger partial charge in [0.1, 0.15) is 5.75 Å². The van der Waals surface area contributed by atoms with Gasteiger partial charge in [-0.2, -0.15) is 0 Å². The molecule has 0 saturated carbocycles. The molecule has 0 spiro atoms. The number of ether oxygens (including phenoxy) is 1. The fourth-order valence-electron chi connectivity index (χ4n) is 2.25. The predicted octanol–water partition coefficient (Wildman–Crippen LogP) is 2.07. The van der Waals surface area contributed by atoms with Crippen molar-refractivity contribution in [3.63, 3.8) is 0 Å². The quantitative estimate of drug-likeness (QED) is 0.846. The van der Waals surface area contributed by atoms with Crippen molar-refractivity contribution in [3.05, 3.63) is 42.0 Å². The lowest BCUT2D eigenvalue weighted by Gasteiger charge is -2.13. The van der Waals surface area contributed by atoms with Crippen molar-refractivity contribution in [2.45, 2.75) is 13.5 Å². The predicted molar refractivity (Wildman–Crippen MR) is 80.9 cm³/mol. The standard InChI is InChI=1S/C16H20N2O2/c1-3-18-16(19)11-17-10-14-13-7-5-4-6-12(13)8-9-15(14)20-2/h4-9,17H,3,10-11H2,1-2H3,(H,18,19). The van der Waals surface area contributed by atoms with Crippen molar-refractivity contribution in [1.82, 2.24) is 10.6 Å². The Bertz CT molecular complexity index is 596. The molecule has 4 nitrogen and oxygen atoms in total. The summed E-state index contributed by atoms with van der Waals surface area (Å²) >= 11 is 0. The fraction of sp³-hybridized carbons (Fsp3) is 0.312. The summed E-state index contributed by atoms with van der Waals surface area (Å²) < 4.78 is 5.42. The lowest BCUT2D eigenvalue weighted by Crippen LogP contribution is -2.33. The van der Waals surface area contributed by atoms with Crippen LogP contribution in [0.5, 0.6) is 5.75 Å². The molecule has 0 atom stereocenters. The van der Waals surface area contributed by atoms with Crippen LogP contribution in [0.1, 0.15) is 12.5 Å². The first-order chi connectivity index (χ1) is 9.76. The second-order valence-corrected chi connectivity index (χ2v) is 4.52. The zero-order valence-corrected chi connectivity index (χ0v) is 11.9. The van der Waals surface area contributed by atoms with Crippen LogP contribution in [0.15, 0.2) is 36.4 Å². The molecule has 0 aliphatic carbocycles. The van der Waals surface area contributed by atoms with Gasteiger partial charge < -0.3 is 15.4 Å². The summed E-state index contributed by atoms with van der Waals surface area (Å²) in [4.78, 5) is 11.4. The fourth-order valence-corrected chi connectivity index (χ4v) is 2.25. The third-order valence-electron chi connectivity index (χ3n) is 3.18. The van der Waals surface area contributed by atoms with E-state index in [1.807, 2.05) is 31.2 Å². The van der Waals surface area contributed by atoms with Crippen LogP contribution in [-0.4, -0.2) is 26.1 Å². The van der Waals surface area contributed by atoms with E-state index in [4.69, 9.17) is 4.74 Å². The van der Waals surface area contributed by atoms with E-state index < -0.39 is 0 Å². The Morgan fingerprint density at radius 3 is 2.75 bits per heavy atom. The summed E-state index contributed by atoms with van der Waals surface area (Å²) in [5, 5.41) is 8.24. The minimum atomic E-state index is 0.00621. The monoisotopic (exact) mass is 272 g/mol. The summed E-state index contributed by atoms with van der Waals surface area (Å²) in [5.74, 6) is 0.846. The first-order valence-corrected chi connectivity index (χ1v) is 6.78. The first-order valence-electron chi connectivity index (χ1n) is 6.78. The molecule has 0 unspecified atom stereocenters. The molecule has 0 aliphatic rings. The number of benzene rings is 2. The van der Waals surface area contributed by atoms with Gasteiger partial charge in [0.15, 0.2) is 0 Å². The van der Waals surface area contributed by atoms with Crippen LogP contribution in [0.4, 0.5) is 0 Å². The summed E-state index contributed by atoms with van der Waals surface area (Å²) in [6.45, 7) is 3.46. The molecule has 2 aromatic rings. The third kappa shape index (κ3) is 3.27. The smallest absolute Gasteiger partial charge is 0.233 e. The SMILES string of the molecule is CCNC(=O)CNCc1c(OC)ccc2ccccc12. The normalized spacial score (nSPS) is 10.5. The van der Waals surface area contributed by atoms with Crippen molar-refractivity contribution in [2.24, 2.45) is 0 Å². The number of hydrogen-bond acceptors (Lipinski definition) is 3. The van der Waals surface area contributed by atoms with E-state index in [2.05, 4.69) is 22.8 Å². The second-order valence-electron chi connectivity index (χ2n) is 4.52. The highest BCUT2D eigenvalue weighted by molar-refractivity contribution is 5.87. The molecule has 4 heteroatoms. The van der Waals surface area contributed by atoms with E-state index in [9.17, 15) is 4.79 Å². The Morgan fingerprint density at radius 2 is 2.00 bits per heavy atom. The number of rotatable bonds is 6. The highest BCUT2D eigenvalue weighted by Gasteiger charge is 2.08. The average Bonchev–Trinajstić information content (AvgIpc) is 2.47. The van der Waals surface area contributed by atoms with Gasteiger partial charge in [-0.15, -0.1) is 0 Å². The molecule has 1 amide bonds. The van der Waals surface area contributed by atoms with E-state index in [1.165, 1.54) is 5.39 Å². The molecule has 0 aromatic heterocycles. The van der Waals surface area contributed by atoms with Gasteiger partial charge in [0, 0.05) is 18.7 Å². The number of nitrogens with one attached hydrogen (secondary N) is 2. The molecule has 106 valence electrons. The molecule has 2 aromatic carbocycles. The summed E-state index contributed by atoms with van der Waals surface area (Å²) in [5.41, 5.74) is 1.08. The van der Waals surface area contributed by atoms with Gasteiger partial charge in [-0.1, -0.05) is 30.3 Å². The molecule has 0 bridgehead atoms. The third-order valence-corrected chi connectivity index (χ3v) is 3.18. The van der Waals surface area contributed by atoms with Crippen molar-refractivity contribution >= 4 is 16.7 Å². The van der Waals surface area contributed by atoms with Crippen LogP contribution >= 0.6 is 0 Å². The van der Waals surface area contributed by atoms with Crippen LogP contribution in [-0.2, 0) is 11.3 Å². The van der Waals surface area contributed by atoms with Gasteiger partial charge in [-0.3, -0.25) is 4.79 Å². The number of carbonyl (C=O) groups excluding carboxylic acids is 1. The Labute approximate surface area is 119 Å². The Morgan fingerprint density at radius 1 is 1.20 bits per heavy atom. The molecule has 0 saturated heterocycles. The molecule has 20 heavy (non-hydrogen) atoms. The van der Waals surface area contributed by atoms with Gasteiger partial charge >= 0.3 is 0 Å². The average molecular weight is 272 g/mol. The molecule has 2 N–H and O–H groups in total. The van der Waals surface area contributed by atoms with Gasteiger partial charge in [0.05, 0.1) is 13.7 Å². The first kappa shape index (κ1) is 14.3. The highest BCUT2D eigenvalue weighted by atomic mass is 16.5. The molecular formula is C16H20N2O2. The van der Waals surface area contributed by atoms with E-state index >= 15 is 0 Å². The topological polar surface area (TPSA) is 50.4 Å². The van der Waals surface area contributed by atoms with Crippen molar-refractivity contribution in [3.8, 4) is 5.75 Å². The molecule has 0 aliphatic heterocycles. The Hall–Kier alpha value is -2.07. The molecule has 0 heterocycles. The number of likely N-dealkylation sites (N-methyl/N-ethyl adjacent to an activating group) is 1. The van der Waals surface area contributed by atoms with Gasteiger partial charge in [-0.05, 0) is 23.8 Å². The number of fused-ring (bicyclic) bond motifs is 1. The van der Waals surface area contributed by atoms with Crippen LogP contribution in [0.25, 0.3) is 10.8 Å². The van der Waals surface area contributed by atoms with Crippen LogP contribution in [0, 0.1) is 0 Å². The van der Waals surface area contributed by atoms with Crippen molar-refractivity contribution in [2.75, 3.05) is 20.2 Å². The maximum absolute atomic E-state index is 11.4. The van der Waals surface area contributed by atoms with Gasteiger partial charge in [-0.25, -0.2) is 0 Å². The van der Waals surface area contributed by atoms with Gasteiger partial charge in [0.2, 0.25) is 5.91 Å². The summed E-state index contributed by atoms with van der Waals surface area (Å²) in [6.07, 6.45) is 0. The largest absolute Gasteiger partial charge is 0.496 e. The lowest BCUT2D eigenvalue weighted by atomic mass is 10.0. The molecule has 0 radical (unpaired) electrons. The molecule has 0 fully saturated rings. The molecular weight excluding hydrogens is 252 g/mol. The van der Waals surface area contributed by atoms with E-state index in [1.54, 1.807) is 7.11 Å². The minimum absolute atomic E-state index is 0.00621. The second kappa shape index (κ2) is 6.91. The Balaban J connectivity index is 2.17. The van der Waals surface area contributed by atoms with Crippen molar-refractivity contribution in [1.29, 1.82) is 0 Å². The number of methoxy groups -OCH3 is 1. The zero-order chi connectivity index (χ0) is 14.4. The number of carbonyl (C=O) groups is 1. The maximum Gasteiger partial charge on any atom is 0.233 e. The van der Waals surface area contributed by atoms with Crippen LogP contribution in [0.3, 0.4) is 0 Å². The van der Waals surface area contributed by atoms with Gasteiger partial charge in [0.25, 0.3) is 0 Å². The van der Waals surface area contributed by atoms with E-state index in [0.717, 1.165) is 16.7 Å². The zero-order valence-electron chi connectivity index (χ0n) is 11.9. The molecule has 2 rings (SSSR count). The summed E-state index contributed by atoms with van der Waals surface area (Å²) in [7, 11) is 1.66. The Kier molecular flexibility index (Phi) is 4.96. The van der Waals surface area contributed by atoms with E-state index in [0.29, 0.717) is 19.6 Å². The minimum Gasteiger partial charge on any atom is -0.496 e. The van der Waals surface area contributed by atoms with Crippen LogP contribution in [0.2, 0.25) is 0 Å². The van der Waals surface area contributed by atoms with Crippen molar-refractivity contribution < 1.29 is 9.53 Å². The summed E-state index contributed by atoms with van der Waals surface area (Å²) in [6, 6.07) is 12.2. The lowest BCUT2D eigenvalue weighted by molar-refractivity contribution is -0.120. The maximum atomic E-state index is 11.4. The number of hydrogen-bond donors (Lipinski definition) is 2. The highest BCUT2D eigenvalue weighted by Crippen LogP contribution is 2.27. The van der Waals surface area contributed by atoms with E-state index in [-0.39, 0.29) is 5.91 Å². The number of amides is 1.